The van der Waals surface area contributed by atoms with Crippen LogP contribution < -0.4 is 10.5 Å². The summed E-state index contributed by atoms with van der Waals surface area (Å²) in [6.07, 6.45) is 2.04. The standard InChI is InChI=1S/C22H25NO/c1-17-11-13-20(14-12-17)24-15-5-8-19(16-23)22-10-4-7-18-6-2-3-9-21(18)22/h2-4,6-7,9-14,19H,5,8,15-16,23H2,1H3. The van der Waals surface area contributed by atoms with Gasteiger partial charge >= 0.3 is 0 Å². The average Bonchev–Trinajstić information content (AvgIpc) is 2.63. The molecule has 24 heavy (non-hydrogen) atoms. The van der Waals surface area contributed by atoms with Crippen molar-refractivity contribution in [1.82, 2.24) is 0 Å². The maximum Gasteiger partial charge on any atom is 0.119 e. The van der Waals surface area contributed by atoms with Crippen molar-refractivity contribution in [3.63, 3.8) is 0 Å². The van der Waals surface area contributed by atoms with Crippen molar-refractivity contribution in [2.24, 2.45) is 5.73 Å². The minimum Gasteiger partial charge on any atom is -0.494 e. The molecule has 124 valence electrons. The molecule has 2 N–H and O–H groups in total. The summed E-state index contributed by atoms with van der Waals surface area (Å²) in [6.45, 7) is 3.47. The summed E-state index contributed by atoms with van der Waals surface area (Å²) in [5.41, 5.74) is 8.67. The zero-order valence-electron chi connectivity index (χ0n) is 14.2. The monoisotopic (exact) mass is 319 g/mol. The van der Waals surface area contributed by atoms with Gasteiger partial charge in [0.25, 0.3) is 0 Å². The predicted molar refractivity (Wildman–Crippen MR) is 102 cm³/mol. The van der Waals surface area contributed by atoms with E-state index in [1.165, 1.54) is 21.9 Å². The third-order valence-electron chi connectivity index (χ3n) is 4.53. The van der Waals surface area contributed by atoms with E-state index in [0.717, 1.165) is 25.2 Å². The summed E-state index contributed by atoms with van der Waals surface area (Å²) in [6, 6.07) is 23.2. The molecular weight excluding hydrogens is 294 g/mol. The number of hydrogen-bond donors (Lipinski definition) is 1. The number of aryl methyl sites for hydroxylation is 1. The molecule has 0 radical (unpaired) electrons. The SMILES string of the molecule is Cc1ccc(OCCCC(CN)c2cccc3ccccc23)cc1. The zero-order valence-corrected chi connectivity index (χ0v) is 14.2. The first-order valence-corrected chi connectivity index (χ1v) is 8.65. The fourth-order valence-electron chi connectivity index (χ4n) is 3.16. The average molecular weight is 319 g/mol. The minimum atomic E-state index is 0.373. The zero-order chi connectivity index (χ0) is 16.8. The highest BCUT2D eigenvalue weighted by atomic mass is 16.5. The van der Waals surface area contributed by atoms with Crippen LogP contribution in [-0.4, -0.2) is 13.2 Å². The predicted octanol–water partition coefficient (Wildman–Crippen LogP) is 5.05. The highest BCUT2D eigenvalue weighted by Crippen LogP contribution is 2.28. The van der Waals surface area contributed by atoms with Crippen LogP contribution in [0, 0.1) is 6.92 Å². The van der Waals surface area contributed by atoms with Gasteiger partial charge < -0.3 is 10.5 Å². The largest absolute Gasteiger partial charge is 0.494 e. The molecule has 0 bridgehead atoms. The maximum atomic E-state index is 6.07. The molecule has 2 nitrogen and oxygen atoms in total. The number of fused-ring (bicyclic) bond motifs is 1. The molecule has 0 amide bonds. The third-order valence-corrected chi connectivity index (χ3v) is 4.53. The van der Waals surface area contributed by atoms with Crippen molar-refractivity contribution >= 4 is 10.8 Å². The Morgan fingerprint density at radius 2 is 1.67 bits per heavy atom. The fourth-order valence-corrected chi connectivity index (χ4v) is 3.16. The normalized spacial score (nSPS) is 12.2. The molecule has 0 heterocycles. The Hall–Kier alpha value is -2.32. The highest BCUT2D eigenvalue weighted by molar-refractivity contribution is 5.86. The summed E-state index contributed by atoms with van der Waals surface area (Å²) < 4.78 is 5.84. The van der Waals surface area contributed by atoms with E-state index in [4.69, 9.17) is 10.5 Å². The van der Waals surface area contributed by atoms with E-state index >= 15 is 0 Å². The second-order valence-electron chi connectivity index (χ2n) is 6.30. The molecule has 0 saturated heterocycles. The Kier molecular flexibility index (Phi) is 5.50. The molecule has 2 heteroatoms. The van der Waals surface area contributed by atoms with Gasteiger partial charge in [0.2, 0.25) is 0 Å². The van der Waals surface area contributed by atoms with Crippen LogP contribution in [0.5, 0.6) is 5.75 Å². The van der Waals surface area contributed by atoms with Gasteiger partial charge in [-0.25, -0.2) is 0 Å². The molecule has 0 fully saturated rings. The second kappa shape index (κ2) is 7.98. The molecule has 1 atom stereocenters. The van der Waals surface area contributed by atoms with Crippen LogP contribution in [-0.2, 0) is 0 Å². The molecule has 0 aliphatic heterocycles. The van der Waals surface area contributed by atoms with Crippen molar-refractivity contribution in [2.45, 2.75) is 25.7 Å². The summed E-state index contributed by atoms with van der Waals surface area (Å²) >= 11 is 0. The van der Waals surface area contributed by atoms with E-state index in [-0.39, 0.29) is 0 Å². The Labute approximate surface area is 144 Å². The molecule has 0 aliphatic rings. The lowest BCUT2D eigenvalue weighted by Gasteiger charge is -2.18. The van der Waals surface area contributed by atoms with Crippen LogP contribution >= 0.6 is 0 Å². The van der Waals surface area contributed by atoms with Crippen molar-refractivity contribution in [1.29, 1.82) is 0 Å². The number of hydrogen-bond acceptors (Lipinski definition) is 2. The first-order chi connectivity index (χ1) is 11.8. The third kappa shape index (κ3) is 3.95. The van der Waals surface area contributed by atoms with Crippen LogP contribution in [0.2, 0.25) is 0 Å². The van der Waals surface area contributed by atoms with Crippen LogP contribution in [0.1, 0.15) is 29.9 Å². The van der Waals surface area contributed by atoms with Crippen LogP contribution in [0.3, 0.4) is 0 Å². The first kappa shape index (κ1) is 16.5. The van der Waals surface area contributed by atoms with E-state index in [0.29, 0.717) is 12.5 Å². The Morgan fingerprint density at radius 3 is 2.46 bits per heavy atom. The van der Waals surface area contributed by atoms with Crippen LogP contribution in [0.15, 0.2) is 66.7 Å². The van der Waals surface area contributed by atoms with Crippen molar-refractivity contribution in [3.8, 4) is 5.75 Å². The van der Waals surface area contributed by atoms with E-state index < -0.39 is 0 Å². The van der Waals surface area contributed by atoms with Gasteiger partial charge in [-0.05, 0) is 60.7 Å². The number of benzene rings is 3. The Balaban J connectivity index is 1.61. The second-order valence-corrected chi connectivity index (χ2v) is 6.30. The molecule has 3 rings (SSSR count). The molecule has 0 aromatic heterocycles. The molecule has 0 saturated carbocycles. The smallest absolute Gasteiger partial charge is 0.119 e. The molecule has 0 aliphatic carbocycles. The van der Waals surface area contributed by atoms with E-state index in [1.807, 2.05) is 12.1 Å². The van der Waals surface area contributed by atoms with Gasteiger partial charge in [-0.2, -0.15) is 0 Å². The van der Waals surface area contributed by atoms with Crippen molar-refractivity contribution in [3.05, 3.63) is 77.9 Å². The van der Waals surface area contributed by atoms with E-state index in [9.17, 15) is 0 Å². The van der Waals surface area contributed by atoms with E-state index in [2.05, 4.69) is 61.5 Å². The Bertz CT molecular complexity index is 774. The van der Waals surface area contributed by atoms with Gasteiger partial charge in [0.1, 0.15) is 5.75 Å². The molecular formula is C22H25NO. The highest BCUT2D eigenvalue weighted by Gasteiger charge is 2.12. The lowest BCUT2D eigenvalue weighted by molar-refractivity contribution is 0.302. The summed E-state index contributed by atoms with van der Waals surface area (Å²) in [4.78, 5) is 0. The van der Waals surface area contributed by atoms with Crippen LogP contribution in [0.25, 0.3) is 10.8 Å². The quantitative estimate of drug-likeness (QED) is 0.618. The number of nitrogens with two attached hydrogens (primary N) is 1. The lowest BCUT2D eigenvalue weighted by atomic mass is 9.90. The summed E-state index contributed by atoms with van der Waals surface area (Å²) in [5.74, 6) is 1.31. The number of ether oxygens (including phenoxy) is 1. The molecule has 0 spiro atoms. The maximum absolute atomic E-state index is 6.07. The van der Waals surface area contributed by atoms with Crippen LogP contribution in [0.4, 0.5) is 0 Å². The fraction of sp³-hybridized carbons (Fsp3) is 0.273. The Morgan fingerprint density at radius 1 is 0.917 bits per heavy atom. The van der Waals surface area contributed by atoms with Gasteiger partial charge in [0, 0.05) is 0 Å². The molecule has 3 aromatic rings. The minimum absolute atomic E-state index is 0.373. The number of rotatable bonds is 7. The molecule has 1 unspecified atom stereocenters. The van der Waals surface area contributed by atoms with Gasteiger partial charge in [-0.1, -0.05) is 60.2 Å². The van der Waals surface area contributed by atoms with Gasteiger partial charge in [0.15, 0.2) is 0 Å². The van der Waals surface area contributed by atoms with Gasteiger partial charge in [0.05, 0.1) is 6.61 Å². The van der Waals surface area contributed by atoms with Crippen molar-refractivity contribution in [2.75, 3.05) is 13.2 Å². The van der Waals surface area contributed by atoms with E-state index in [1.54, 1.807) is 0 Å². The lowest BCUT2D eigenvalue weighted by Crippen LogP contribution is -2.14. The van der Waals surface area contributed by atoms with Crippen molar-refractivity contribution < 1.29 is 4.74 Å². The van der Waals surface area contributed by atoms with Gasteiger partial charge in [-0.15, -0.1) is 0 Å². The summed E-state index contributed by atoms with van der Waals surface area (Å²) in [7, 11) is 0. The van der Waals surface area contributed by atoms with Gasteiger partial charge in [-0.3, -0.25) is 0 Å². The topological polar surface area (TPSA) is 35.2 Å². The summed E-state index contributed by atoms with van der Waals surface area (Å²) in [5, 5.41) is 2.60. The molecule has 3 aromatic carbocycles. The first-order valence-electron chi connectivity index (χ1n) is 8.65.